The van der Waals surface area contributed by atoms with Crippen molar-refractivity contribution in [3.05, 3.63) is 72.2 Å². The molecule has 0 saturated carbocycles. The number of amidine groups is 1. The summed E-state index contributed by atoms with van der Waals surface area (Å²) in [7, 11) is 0. The van der Waals surface area contributed by atoms with Crippen LogP contribution in [-0.2, 0) is 9.53 Å². The maximum atomic E-state index is 11.5. The molecule has 2 aliphatic rings. The van der Waals surface area contributed by atoms with Gasteiger partial charge in [0, 0.05) is 12.1 Å². The Morgan fingerprint density at radius 3 is 2.89 bits per heavy atom. The summed E-state index contributed by atoms with van der Waals surface area (Å²) in [4.78, 5) is 20.8. The van der Waals surface area contributed by atoms with E-state index in [1.54, 1.807) is 4.90 Å². The zero-order chi connectivity index (χ0) is 20.1. The topological polar surface area (TPSA) is 45.1 Å². The number of aliphatic imine (C=N–C) groups is 1. The molecule has 0 N–H and O–H groups in total. The van der Waals surface area contributed by atoms with Crippen LogP contribution < -0.4 is 0 Å². The third kappa shape index (κ3) is 7.74. The third-order valence-electron chi connectivity index (χ3n) is 3.53. The first-order chi connectivity index (χ1) is 13.1. The fraction of sp³-hybridized carbons (Fsp3) is 0.333. The molecule has 0 fully saturated rings. The largest absolute Gasteiger partial charge is 0.470 e. The molecule has 6 heteroatoms. The summed E-state index contributed by atoms with van der Waals surface area (Å²) in [5.41, 5.74) is 1.08. The van der Waals surface area contributed by atoms with Crippen LogP contribution in [0, 0.1) is 0 Å². The van der Waals surface area contributed by atoms with E-state index in [4.69, 9.17) is 4.74 Å². The smallest absolute Gasteiger partial charge is 0.217 e. The monoisotopic (exact) mass is 387 g/mol. The summed E-state index contributed by atoms with van der Waals surface area (Å²) in [6, 6.07) is 0. The van der Waals surface area contributed by atoms with E-state index >= 15 is 0 Å². The second-order valence-corrected chi connectivity index (χ2v) is 6.65. The highest BCUT2D eigenvalue weighted by Gasteiger charge is 2.21. The predicted molar refractivity (Wildman–Crippen MR) is 116 cm³/mol. The Bertz CT molecular complexity index is 675. The van der Waals surface area contributed by atoms with Gasteiger partial charge in [-0.05, 0) is 24.3 Å². The van der Waals surface area contributed by atoms with Gasteiger partial charge in [-0.15, -0.1) is 0 Å². The van der Waals surface area contributed by atoms with Crippen LogP contribution >= 0.6 is 11.8 Å². The number of nitrogens with zero attached hydrogens (tertiary/aromatic N) is 3. The summed E-state index contributed by atoms with van der Waals surface area (Å²) in [6.07, 6.45) is 15.9. The van der Waals surface area contributed by atoms with Gasteiger partial charge in [-0.2, -0.15) is 0 Å². The quantitative estimate of drug-likeness (QED) is 0.447. The van der Waals surface area contributed by atoms with Crippen molar-refractivity contribution in [2.24, 2.45) is 4.99 Å². The molecule has 0 bridgehead atoms. The molecule has 0 saturated heterocycles. The van der Waals surface area contributed by atoms with E-state index in [2.05, 4.69) is 35.2 Å². The molecule has 1 amide bonds. The number of carbonyl (C=O) groups excluding carboxylic acids is 1. The molecule has 0 radical (unpaired) electrons. The number of hydrogen-bond acceptors (Lipinski definition) is 5. The number of hydrogen-bond donors (Lipinski definition) is 0. The van der Waals surface area contributed by atoms with Crippen LogP contribution in [0.25, 0.3) is 0 Å². The van der Waals surface area contributed by atoms with Crippen molar-refractivity contribution < 1.29 is 9.53 Å². The summed E-state index contributed by atoms with van der Waals surface area (Å²) in [5.74, 6) is 0.625. The molecule has 0 aromatic heterocycles. The van der Waals surface area contributed by atoms with E-state index in [1.165, 1.54) is 18.0 Å². The van der Waals surface area contributed by atoms with Crippen LogP contribution in [0.2, 0.25) is 0 Å². The van der Waals surface area contributed by atoms with Gasteiger partial charge < -0.3 is 9.64 Å². The Labute approximate surface area is 167 Å². The molecule has 1 aliphatic carbocycles. The minimum absolute atomic E-state index is 0.491. The molecule has 2 rings (SSSR count). The number of amides is 1. The fourth-order valence-electron chi connectivity index (χ4n) is 2.27. The van der Waals surface area contributed by atoms with Crippen molar-refractivity contribution in [2.45, 2.75) is 33.6 Å². The molecule has 0 aromatic carbocycles. The highest BCUT2D eigenvalue weighted by molar-refractivity contribution is 8.17. The lowest BCUT2D eigenvalue weighted by Gasteiger charge is -2.34. The number of ether oxygens (including phenoxy) is 1. The van der Waals surface area contributed by atoms with E-state index in [-0.39, 0.29) is 0 Å². The number of carbonyl (C=O) groups is 1. The number of thioether (sulfide) groups is 1. The molecular weight excluding hydrogens is 358 g/mol. The maximum absolute atomic E-state index is 11.5. The molecule has 0 spiro atoms. The van der Waals surface area contributed by atoms with E-state index in [9.17, 15) is 4.79 Å². The summed E-state index contributed by atoms with van der Waals surface area (Å²) < 4.78 is 5.11. The molecular formula is C21H29N3O2S. The van der Waals surface area contributed by atoms with E-state index < -0.39 is 0 Å². The van der Waals surface area contributed by atoms with Crippen molar-refractivity contribution in [1.82, 2.24) is 9.80 Å². The van der Waals surface area contributed by atoms with Crippen LogP contribution in [0.15, 0.2) is 77.2 Å². The summed E-state index contributed by atoms with van der Waals surface area (Å²) in [6.45, 7) is 14.3. The van der Waals surface area contributed by atoms with Gasteiger partial charge in [0.25, 0.3) is 0 Å². The summed E-state index contributed by atoms with van der Waals surface area (Å²) in [5, 5.41) is 0.701. The molecule has 0 aromatic rings. The van der Waals surface area contributed by atoms with E-state index in [1.807, 2.05) is 45.1 Å². The van der Waals surface area contributed by atoms with Gasteiger partial charge in [0.15, 0.2) is 5.17 Å². The van der Waals surface area contributed by atoms with Gasteiger partial charge in [0.1, 0.15) is 13.3 Å². The van der Waals surface area contributed by atoms with Crippen LogP contribution in [0.1, 0.15) is 33.6 Å². The first-order valence-corrected chi connectivity index (χ1v) is 9.80. The van der Waals surface area contributed by atoms with Gasteiger partial charge >= 0.3 is 0 Å². The van der Waals surface area contributed by atoms with Crippen molar-refractivity contribution in [3.8, 4) is 0 Å². The first kappa shape index (κ1) is 22.6. The lowest BCUT2D eigenvalue weighted by molar-refractivity contribution is -0.116. The second kappa shape index (κ2) is 12.8. The van der Waals surface area contributed by atoms with E-state index in [0.29, 0.717) is 30.7 Å². The first-order valence-electron chi connectivity index (χ1n) is 8.98. The average molecular weight is 388 g/mol. The minimum atomic E-state index is 0.491. The average Bonchev–Trinajstić information content (AvgIpc) is 2.98. The fourth-order valence-corrected chi connectivity index (χ4v) is 3.07. The SMILES string of the molecule is C=COC(=C)C/C=C(/C)SC1=NCN(C2=CCC=CC=C2)CN1C=O.CC. The van der Waals surface area contributed by atoms with Crippen molar-refractivity contribution in [3.63, 3.8) is 0 Å². The van der Waals surface area contributed by atoms with Crippen LogP contribution in [0.5, 0.6) is 0 Å². The van der Waals surface area contributed by atoms with Crippen molar-refractivity contribution >= 4 is 23.3 Å². The molecule has 146 valence electrons. The van der Waals surface area contributed by atoms with Gasteiger partial charge in [-0.3, -0.25) is 9.69 Å². The maximum Gasteiger partial charge on any atom is 0.217 e. The number of rotatable bonds is 7. The Morgan fingerprint density at radius 2 is 2.19 bits per heavy atom. The van der Waals surface area contributed by atoms with E-state index in [0.717, 1.165) is 23.4 Å². The highest BCUT2D eigenvalue weighted by Crippen LogP contribution is 2.24. The molecule has 0 unspecified atom stereocenters. The predicted octanol–water partition coefficient (Wildman–Crippen LogP) is 5.16. The van der Waals surface area contributed by atoms with Gasteiger partial charge in [-0.25, -0.2) is 4.99 Å². The zero-order valence-electron chi connectivity index (χ0n) is 16.4. The van der Waals surface area contributed by atoms with Crippen LogP contribution in [0.4, 0.5) is 0 Å². The Kier molecular flexibility index (Phi) is 10.7. The van der Waals surface area contributed by atoms with Crippen molar-refractivity contribution in [2.75, 3.05) is 13.3 Å². The van der Waals surface area contributed by atoms with Crippen LogP contribution in [0.3, 0.4) is 0 Å². The van der Waals surface area contributed by atoms with Crippen LogP contribution in [-0.4, -0.2) is 34.7 Å². The second-order valence-electron chi connectivity index (χ2n) is 5.43. The van der Waals surface area contributed by atoms with Gasteiger partial charge in [0.05, 0.1) is 12.0 Å². The van der Waals surface area contributed by atoms with Crippen molar-refractivity contribution in [1.29, 1.82) is 0 Å². The zero-order valence-corrected chi connectivity index (χ0v) is 17.2. The minimum Gasteiger partial charge on any atom is -0.470 e. The normalized spacial score (nSPS) is 16.5. The lowest BCUT2D eigenvalue weighted by Crippen LogP contribution is -2.43. The molecule has 1 heterocycles. The third-order valence-corrected chi connectivity index (χ3v) is 4.57. The number of allylic oxidation sites excluding steroid dienone is 7. The highest BCUT2D eigenvalue weighted by atomic mass is 32.2. The van der Waals surface area contributed by atoms with Gasteiger partial charge in [0.2, 0.25) is 6.41 Å². The summed E-state index contributed by atoms with van der Waals surface area (Å²) >= 11 is 1.47. The molecule has 27 heavy (non-hydrogen) atoms. The molecule has 0 atom stereocenters. The molecule has 5 nitrogen and oxygen atoms in total. The lowest BCUT2D eigenvalue weighted by atomic mass is 10.3. The van der Waals surface area contributed by atoms with Gasteiger partial charge in [-0.1, -0.05) is 69.1 Å². The Balaban J connectivity index is 0.00000176. The Morgan fingerprint density at radius 1 is 1.41 bits per heavy atom. The standard InChI is InChI=1S/C19H23N3O2S.C2H6/c1-4-24-16(2)11-12-17(3)25-19-20-13-21(14-22(19)15-23)18-9-7-5-6-8-10-18;1-2/h4-7,9-10,12,15H,1-2,8,11,13-14H2,3H3;1-2H3/b17-12-;. The Hall–Kier alpha value is -2.47. The molecule has 1 aliphatic heterocycles.